The molecule has 1 atom stereocenters. The molecule has 0 aromatic heterocycles. The molecule has 0 saturated heterocycles. The smallest absolute Gasteiger partial charge is 0.101 e. The summed E-state index contributed by atoms with van der Waals surface area (Å²) in [7, 11) is 0. The topological polar surface area (TPSA) is 38.0 Å². The Morgan fingerprint density at radius 1 is 1.36 bits per heavy atom. The van der Waals surface area contributed by atoms with E-state index in [2.05, 4.69) is 11.4 Å². The zero-order valence-electron chi connectivity index (χ0n) is 6.04. The quantitative estimate of drug-likeness (QED) is 0.569. The maximum absolute atomic E-state index is 5.76. The first-order chi connectivity index (χ1) is 5.38. The lowest BCUT2D eigenvalue weighted by atomic mass is 10.0. The summed E-state index contributed by atoms with van der Waals surface area (Å²) in [5.74, 6) is 0. The number of fused-ring (bicyclic) bond motifs is 1. The third-order valence-electron chi connectivity index (χ3n) is 1.79. The average molecular weight is 145 g/mol. The van der Waals surface area contributed by atoms with Gasteiger partial charge in [-0.2, -0.15) is 0 Å². The summed E-state index contributed by atoms with van der Waals surface area (Å²) in [6, 6.07) is 7.98. The van der Waals surface area contributed by atoms with Gasteiger partial charge in [0.2, 0.25) is 0 Å². The minimum Gasteiger partial charge on any atom is -0.372 e. The molecule has 2 nitrogen and oxygen atoms in total. The number of benzene rings is 1. The lowest BCUT2D eigenvalue weighted by Crippen LogP contribution is -2.27. The fourth-order valence-electron chi connectivity index (χ4n) is 1.20. The molecule has 2 heteroatoms. The van der Waals surface area contributed by atoms with Crippen molar-refractivity contribution in [1.82, 2.24) is 5.32 Å². The van der Waals surface area contributed by atoms with E-state index < -0.39 is 0 Å². The monoisotopic (exact) mass is 145 g/mol. The van der Waals surface area contributed by atoms with Gasteiger partial charge in [0.1, 0.15) is 6.17 Å². The summed E-state index contributed by atoms with van der Waals surface area (Å²) in [5, 5.41) is 2.98. The van der Waals surface area contributed by atoms with Crippen molar-refractivity contribution in [3.63, 3.8) is 0 Å². The Hall–Kier alpha value is -1.28. The minimum absolute atomic E-state index is 0.0764. The SMILES string of the molecule is NC1NC=[C]c2ccccc21. The molecular weight excluding hydrogens is 136 g/mol. The van der Waals surface area contributed by atoms with E-state index in [-0.39, 0.29) is 6.17 Å². The Morgan fingerprint density at radius 3 is 3.00 bits per heavy atom. The van der Waals surface area contributed by atoms with Crippen LogP contribution in [0, 0.1) is 6.08 Å². The highest BCUT2D eigenvalue weighted by molar-refractivity contribution is 5.36. The number of hydrogen-bond donors (Lipinski definition) is 2. The van der Waals surface area contributed by atoms with Gasteiger partial charge in [0.05, 0.1) is 0 Å². The van der Waals surface area contributed by atoms with Crippen LogP contribution in [0.3, 0.4) is 0 Å². The number of hydrogen-bond acceptors (Lipinski definition) is 2. The standard InChI is InChI=1S/C9H9N2/c10-9-8-4-2-1-3-7(8)5-6-11-9/h1-4,6,9,11H,10H2. The summed E-state index contributed by atoms with van der Waals surface area (Å²) >= 11 is 0. The average Bonchev–Trinajstić information content (AvgIpc) is 2.06. The molecule has 0 bridgehead atoms. The third kappa shape index (κ3) is 1.01. The molecule has 0 spiro atoms. The molecule has 1 heterocycles. The molecule has 1 aromatic carbocycles. The van der Waals surface area contributed by atoms with Gasteiger partial charge in [-0.05, 0) is 11.1 Å². The Labute approximate surface area is 65.7 Å². The Balaban J connectivity index is 2.54. The molecule has 1 aliphatic rings. The van der Waals surface area contributed by atoms with Crippen LogP contribution < -0.4 is 11.1 Å². The maximum atomic E-state index is 5.76. The van der Waals surface area contributed by atoms with Gasteiger partial charge in [-0.15, -0.1) is 0 Å². The van der Waals surface area contributed by atoms with Crippen molar-refractivity contribution in [2.45, 2.75) is 6.17 Å². The van der Waals surface area contributed by atoms with Gasteiger partial charge >= 0.3 is 0 Å². The van der Waals surface area contributed by atoms with Gasteiger partial charge in [0.15, 0.2) is 0 Å². The molecule has 1 radical (unpaired) electrons. The van der Waals surface area contributed by atoms with E-state index in [4.69, 9.17) is 5.73 Å². The second kappa shape index (κ2) is 2.40. The van der Waals surface area contributed by atoms with E-state index in [0.29, 0.717) is 0 Å². The molecule has 55 valence electrons. The summed E-state index contributed by atoms with van der Waals surface area (Å²) in [4.78, 5) is 0. The summed E-state index contributed by atoms with van der Waals surface area (Å²) in [6.45, 7) is 0. The molecule has 1 aliphatic heterocycles. The fourth-order valence-corrected chi connectivity index (χ4v) is 1.20. The van der Waals surface area contributed by atoms with E-state index in [1.165, 1.54) is 0 Å². The first-order valence-corrected chi connectivity index (χ1v) is 3.57. The zero-order valence-corrected chi connectivity index (χ0v) is 6.04. The van der Waals surface area contributed by atoms with Crippen LogP contribution in [-0.4, -0.2) is 0 Å². The van der Waals surface area contributed by atoms with Crippen molar-refractivity contribution in [3.8, 4) is 0 Å². The number of rotatable bonds is 0. The van der Waals surface area contributed by atoms with Gasteiger partial charge in [0, 0.05) is 12.3 Å². The number of nitrogens with two attached hydrogens (primary N) is 1. The predicted molar refractivity (Wildman–Crippen MR) is 43.4 cm³/mol. The molecule has 2 rings (SSSR count). The first kappa shape index (κ1) is 6.43. The van der Waals surface area contributed by atoms with E-state index in [9.17, 15) is 0 Å². The van der Waals surface area contributed by atoms with Crippen LogP contribution in [0.1, 0.15) is 17.3 Å². The number of nitrogens with one attached hydrogen (secondary N) is 1. The fraction of sp³-hybridized carbons (Fsp3) is 0.111. The van der Waals surface area contributed by atoms with Crippen LogP contribution in [0.2, 0.25) is 0 Å². The Kier molecular flexibility index (Phi) is 1.40. The molecule has 0 saturated carbocycles. The highest BCUT2D eigenvalue weighted by Gasteiger charge is 2.09. The van der Waals surface area contributed by atoms with Crippen LogP contribution in [0.4, 0.5) is 0 Å². The largest absolute Gasteiger partial charge is 0.372 e. The molecule has 1 unspecified atom stereocenters. The van der Waals surface area contributed by atoms with Gasteiger partial charge in [-0.3, -0.25) is 0 Å². The van der Waals surface area contributed by atoms with Crippen molar-refractivity contribution in [2.75, 3.05) is 0 Å². The minimum atomic E-state index is -0.0764. The van der Waals surface area contributed by atoms with Crippen molar-refractivity contribution in [3.05, 3.63) is 47.7 Å². The van der Waals surface area contributed by atoms with E-state index in [1.54, 1.807) is 6.20 Å². The lowest BCUT2D eigenvalue weighted by Gasteiger charge is -2.18. The summed E-state index contributed by atoms with van der Waals surface area (Å²) < 4.78 is 0. The lowest BCUT2D eigenvalue weighted by molar-refractivity contribution is 0.638. The van der Waals surface area contributed by atoms with Gasteiger partial charge < -0.3 is 11.1 Å². The normalized spacial score (nSPS) is 20.6. The van der Waals surface area contributed by atoms with E-state index in [1.807, 2.05) is 24.3 Å². The Bertz CT molecular complexity index is 291. The van der Waals surface area contributed by atoms with Crippen LogP contribution in [0.5, 0.6) is 0 Å². The third-order valence-corrected chi connectivity index (χ3v) is 1.79. The molecule has 0 fully saturated rings. The maximum Gasteiger partial charge on any atom is 0.101 e. The van der Waals surface area contributed by atoms with E-state index in [0.717, 1.165) is 11.1 Å². The zero-order chi connectivity index (χ0) is 7.68. The summed E-state index contributed by atoms with van der Waals surface area (Å²) in [5.41, 5.74) is 7.95. The highest BCUT2D eigenvalue weighted by Crippen LogP contribution is 2.16. The van der Waals surface area contributed by atoms with Gasteiger partial charge in [-0.25, -0.2) is 0 Å². The second-order valence-electron chi connectivity index (χ2n) is 2.52. The second-order valence-corrected chi connectivity index (χ2v) is 2.52. The molecular formula is C9H9N2. The molecule has 1 aromatic rings. The van der Waals surface area contributed by atoms with Crippen molar-refractivity contribution in [1.29, 1.82) is 0 Å². The van der Waals surface area contributed by atoms with Crippen LogP contribution in [0.25, 0.3) is 0 Å². The van der Waals surface area contributed by atoms with Crippen LogP contribution in [-0.2, 0) is 0 Å². The van der Waals surface area contributed by atoms with Crippen molar-refractivity contribution in [2.24, 2.45) is 5.73 Å². The van der Waals surface area contributed by atoms with Crippen molar-refractivity contribution < 1.29 is 0 Å². The molecule has 11 heavy (non-hydrogen) atoms. The first-order valence-electron chi connectivity index (χ1n) is 3.57. The molecule has 0 amide bonds. The van der Waals surface area contributed by atoms with E-state index >= 15 is 0 Å². The molecule has 3 N–H and O–H groups in total. The van der Waals surface area contributed by atoms with Crippen LogP contribution in [0.15, 0.2) is 30.5 Å². The predicted octanol–water partition coefficient (Wildman–Crippen LogP) is 0.912. The highest BCUT2D eigenvalue weighted by atomic mass is 15.0. The molecule has 0 aliphatic carbocycles. The van der Waals surface area contributed by atoms with Gasteiger partial charge in [-0.1, -0.05) is 24.3 Å². The van der Waals surface area contributed by atoms with Crippen molar-refractivity contribution >= 4 is 0 Å². The summed E-state index contributed by atoms with van der Waals surface area (Å²) in [6.07, 6.45) is 4.76. The van der Waals surface area contributed by atoms with Gasteiger partial charge in [0.25, 0.3) is 0 Å². The Morgan fingerprint density at radius 2 is 2.18 bits per heavy atom. The van der Waals surface area contributed by atoms with Crippen LogP contribution >= 0.6 is 0 Å².